The van der Waals surface area contributed by atoms with Crippen LogP contribution in [0.15, 0.2) is 17.2 Å². The first-order valence-corrected chi connectivity index (χ1v) is 6.11. The smallest absolute Gasteiger partial charge is 0.323 e. The van der Waals surface area contributed by atoms with Crippen LogP contribution in [0.25, 0.3) is 0 Å². The van der Waals surface area contributed by atoms with Crippen molar-refractivity contribution in [3.05, 3.63) is 22.7 Å². The molecule has 0 amide bonds. The molecule has 0 bridgehead atoms. The van der Waals surface area contributed by atoms with Crippen molar-refractivity contribution in [2.75, 3.05) is 31.7 Å². The number of aromatic nitrogens is 2. The Labute approximate surface area is 111 Å². The van der Waals surface area contributed by atoms with Gasteiger partial charge in [-0.1, -0.05) is 6.92 Å². The molecular formula is C12H19N3O4. The summed E-state index contributed by atoms with van der Waals surface area (Å²) in [7, 11) is 1.52. The monoisotopic (exact) mass is 269 g/mol. The highest BCUT2D eigenvalue weighted by Gasteiger charge is 2.16. The number of nitrogens with zero attached hydrogens (tertiary/aromatic N) is 3. The van der Waals surface area contributed by atoms with E-state index in [0.29, 0.717) is 19.7 Å². The summed E-state index contributed by atoms with van der Waals surface area (Å²) in [5.41, 5.74) is -0.276. The Balaban J connectivity index is 3.03. The van der Waals surface area contributed by atoms with Gasteiger partial charge in [-0.05, 0) is 6.42 Å². The van der Waals surface area contributed by atoms with Gasteiger partial charge in [0.15, 0.2) is 5.82 Å². The summed E-state index contributed by atoms with van der Waals surface area (Å²) >= 11 is 0. The van der Waals surface area contributed by atoms with Crippen molar-refractivity contribution in [2.45, 2.75) is 19.9 Å². The Morgan fingerprint density at radius 1 is 1.58 bits per heavy atom. The molecule has 1 aromatic rings. The number of carbonyl (C=O) groups is 1. The molecule has 7 nitrogen and oxygen atoms in total. The lowest BCUT2D eigenvalue weighted by Gasteiger charge is -2.21. The molecule has 0 aliphatic heterocycles. The number of hydrogen-bond acceptors (Lipinski definition) is 5. The van der Waals surface area contributed by atoms with Gasteiger partial charge in [0.05, 0.1) is 6.61 Å². The summed E-state index contributed by atoms with van der Waals surface area (Å²) in [6.45, 7) is 2.91. The van der Waals surface area contributed by atoms with Crippen LogP contribution in [-0.4, -0.2) is 47.4 Å². The third kappa shape index (κ3) is 4.36. The second-order valence-electron chi connectivity index (χ2n) is 4.06. The van der Waals surface area contributed by atoms with Crippen LogP contribution in [0, 0.1) is 0 Å². The standard InChI is InChI=1S/C12H19N3O4/c1-3-5-14-6-4-13-11(12(14)18)15(7-8-19-2)9-10(16)17/h4,6H,3,5,7-9H2,1-2H3,(H,16,17). The number of aliphatic carboxylic acids is 1. The van der Waals surface area contributed by atoms with Crippen LogP contribution in [0.5, 0.6) is 0 Å². The van der Waals surface area contributed by atoms with E-state index in [0.717, 1.165) is 6.42 Å². The molecule has 19 heavy (non-hydrogen) atoms. The zero-order chi connectivity index (χ0) is 14.3. The third-order valence-electron chi connectivity index (χ3n) is 2.55. The molecule has 0 aliphatic carbocycles. The van der Waals surface area contributed by atoms with Crippen LogP contribution >= 0.6 is 0 Å². The molecule has 0 saturated carbocycles. The lowest BCUT2D eigenvalue weighted by molar-refractivity contribution is -0.135. The van der Waals surface area contributed by atoms with Crippen LogP contribution in [0.1, 0.15) is 13.3 Å². The number of anilines is 1. The van der Waals surface area contributed by atoms with Gasteiger partial charge in [-0.25, -0.2) is 4.98 Å². The predicted molar refractivity (Wildman–Crippen MR) is 70.5 cm³/mol. The average Bonchev–Trinajstić information content (AvgIpc) is 2.37. The minimum atomic E-state index is -1.01. The molecule has 0 atom stereocenters. The van der Waals surface area contributed by atoms with Crippen molar-refractivity contribution in [3.63, 3.8) is 0 Å². The fraction of sp³-hybridized carbons (Fsp3) is 0.583. The van der Waals surface area contributed by atoms with Crippen LogP contribution in [0.4, 0.5) is 5.82 Å². The molecule has 0 spiro atoms. The van der Waals surface area contributed by atoms with Gasteiger partial charge < -0.3 is 19.3 Å². The summed E-state index contributed by atoms with van der Waals surface area (Å²) < 4.78 is 6.45. The summed E-state index contributed by atoms with van der Waals surface area (Å²) in [6.07, 6.45) is 3.93. The topological polar surface area (TPSA) is 84.7 Å². The minimum absolute atomic E-state index is 0.149. The first-order valence-electron chi connectivity index (χ1n) is 6.11. The normalized spacial score (nSPS) is 10.4. The fourth-order valence-electron chi connectivity index (χ4n) is 1.69. The highest BCUT2D eigenvalue weighted by atomic mass is 16.5. The number of aryl methyl sites for hydroxylation is 1. The summed E-state index contributed by atoms with van der Waals surface area (Å²) in [5, 5.41) is 8.89. The van der Waals surface area contributed by atoms with E-state index < -0.39 is 5.97 Å². The van der Waals surface area contributed by atoms with Crippen molar-refractivity contribution in [1.82, 2.24) is 9.55 Å². The first-order chi connectivity index (χ1) is 9.10. The minimum Gasteiger partial charge on any atom is -0.480 e. The summed E-state index contributed by atoms with van der Waals surface area (Å²) in [5.74, 6) is -0.862. The molecule has 0 aliphatic rings. The van der Waals surface area contributed by atoms with E-state index in [-0.39, 0.29) is 17.9 Å². The molecule has 0 unspecified atom stereocenters. The van der Waals surface area contributed by atoms with E-state index in [2.05, 4.69) is 4.98 Å². The molecule has 106 valence electrons. The predicted octanol–water partition coefficient (Wildman–Crippen LogP) is 0.191. The molecule has 7 heteroatoms. The van der Waals surface area contributed by atoms with Crippen LogP contribution < -0.4 is 10.5 Å². The lowest BCUT2D eigenvalue weighted by atomic mass is 10.4. The van der Waals surface area contributed by atoms with Gasteiger partial charge in [-0.2, -0.15) is 0 Å². The van der Waals surface area contributed by atoms with E-state index in [4.69, 9.17) is 9.84 Å². The maximum atomic E-state index is 12.2. The number of carboxylic acid groups (broad SMARTS) is 1. The molecule has 0 radical (unpaired) electrons. The number of carboxylic acids is 1. The maximum absolute atomic E-state index is 12.2. The molecule has 1 rings (SSSR count). The Morgan fingerprint density at radius 3 is 2.89 bits per heavy atom. The van der Waals surface area contributed by atoms with Gasteiger partial charge in [0, 0.05) is 32.6 Å². The highest BCUT2D eigenvalue weighted by Crippen LogP contribution is 2.03. The van der Waals surface area contributed by atoms with Crippen molar-refractivity contribution >= 4 is 11.8 Å². The molecule has 0 aromatic carbocycles. The quantitative estimate of drug-likeness (QED) is 0.725. The summed E-state index contributed by atoms with van der Waals surface area (Å²) in [4.78, 5) is 28.4. The Morgan fingerprint density at radius 2 is 2.32 bits per heavy atom. The number of ether oxygens (including phenoxy) is 1. The molecule has 0 saturated heterocycles. The maximum Gasteiger partial charge on any atom is 0.323 e. The Kier molecular flexibility index (Phi) is 6.01. The zero-order valence-electron chi connectivity index (χ0n) is 11.2. The van der Waals surface area contributed by atoms with E-state index >= 15 is 0 Å². The zero-order valence-corrected chi connectivity index (χ0v) is 11.2. The molecule has 1 aromatic heterocycles. The van der Waals surface area contributed by atoms with Crippen molar-refractivity contribution < 1.29 is 14.6 Å². The first kappa shape index (κ1) is 15.2. The molecular weight excluding hydrogens is 250 g/mol. The van der Waals surface area contributed by atoms with Gasteiger partial charge >= 0.3 is 5.97 Å². The van der Waals surface area contributed by atoms with Gasteiger partial charge in [0.2, 0.25) is 0 Å². The summed E-state index contributed by atoms with van der Waals surface area (Å²) in [6, 6.07) is 0. The van der Waals surface area contributed by atoms with E-state index in [9.17, 15) is 9.59 Å². The van der Waals surface area contributed by atoms with Crippen molar-refractivity contribution in [2.24, 2.45) is 0 Å². The van der Waals surface area contributed by atoms with Gasteiger partial charge in [0.1, 0.15) is 6.54 Å². The van der Waals surface area contributed by atoms with Gasteiger partial charge in [0.25, 0.3) is 5.56 Å². The van der Waals surface area contributed by atoms with Crippen LogP contribution in [-0.2, 0) is 16.1 Å². The Bertz CT molecular complexity index is 472. The Hall–Kier alpha value is -1.89. The second-order valence-corrected chi connectivity index (χ2v) is 4.06. The van der Waals surface area contributed by atoms with Crippen LogP contribution in [0.2, 0.25) is 0 Å². The average molecular weight is 269 g/mol. The number of rotatable bonds is 8. The molecule has 1 N–H and O–H groups in total. The second kappa shape index (κ2) is 7.52. The lowest BCUT2D eigenvalue weighted by Crippen LogP contribution is -2.38. The fourth-order valence-corrected chi connectivity index (χ4v) is 1.69. The largest absolute Gasteiger partial charge is 0.480 e. The van der Waals surface area contributed by atoms with Crippen molar-refractivity contribution in [1.29, 1.82) is 0 Å². The molecule has 1 heterocycles. The van der Waals surface area contributed by atoms with E-state index in [1.165, 1.54) is 22.8 Å². The number of methoxy groups -OCH3 is 1. The van der Waals surface area contributed by atoms with Gasteiger partial charge in [-0.15, -0.1) is 0 Å². The number of hydrogen-bond donors (Lipinski definition) is 1. The highest BCUT2D eigenvalue weighted by molar-refractivity contribution is 5.73. The SMILES string of the molecule is CCCn1ccnc(N(CCOC)CC(=O)O)c1=O. The third-order valence-corrected chi connectivity index (χ3v) is 2.55. The van der Waals surface area contributed by atoms with E-state index in [1.807, 2.05) is 6.92 Å². The van der Waals surface area contributed by atoms with E-state index in [1.54, 1.807) is 6.20 Å². The van der Waals surface area contributed by atoms with Gasteiger partial charge in [-0.3, -0.25) is 9.59 Å². The van der Waals surface area contributed by atoms with Crippen LogP contribution in [0.3, 0.4) is 0 Å². The molecule has 0 fully saturated rings. The van der Waals surface area contributed by atoms with Crippen molar-refractivity contribution in [3.8, 4) is 0 Å².